The Hall–Kier alpha value is -2.95. The Kier molecular flexibility index (Phi) is 5.01. The van der Waals surface area contributed by atoms with Gasteiger partial charge < -0.3 is 19.8 Å². The lowest BCUT2D eigenvalue weighted by molar-refractivity contribution is -0.121. The first-order chi connectivity index (χ1) is 13.3. The monoisotopic (exact) mass is 364 g/mol. The van der Waals surface area contributed by atoms with Gasteiger partial charge in [0.05, 0.1) is 0 Å². The maximum absolute atomic E-state index is 12.6. The molecule has 3 aromatic rings. The number of carbonyl (C=O) groups is 1. The normalized spacial score (nSPS) is 13.7. The Morgan fingerprint density at radius 1 is 1.15 bits per heavy atom. The molecule has 0 saturated heterocycles. The van der Waals surface area contributed by atoms with Gasteiger partial charge in [0, 0.05) is 41.5 Å². The summed E-state index contributed by atoms with van der Waals surface area (Å²) < 4.78 is 11.3. The van der Waals surface area contributed by atoms with Crippen molar-refractivity contribution in [3.63, 3.8) is 0 Å². The van der Waals surface area contributed by atoms with E-state index in [0.717, 1.165) is 46.4 Å². The van der Waals surface area contributed by atoms with Crippen LogP contribution in [0.2, 0.25) is 0 Å². The van der Waals surface area contributed by atoms with Crippen LogP contribution in [0.4, 0.5) is 0 Å². The van der Waals surface area contributed by atoms with E-state index in [4.69, 9.17) is 9.47 Å². The summed E-state index contributed by atoms with van der Waals surface area (Å²) >= 11 is 0. The van der Waals surface area contributed by atoms with E-state index < -0.39 is 0 Å². The van der Waals surface area contributed by atoms with Gasteiger partial charge in [-0.1, -0.05) is 43.7 Å². The highest BCUT2D eigenvalue weighted by molar-refractivity contribution is 5.86. The molecule has 1 unspecified atom stereocenters. The van der Waals surface area contributed by atoms with Crippen LogP contribution in [0.25, 0.3) is 10.9 Å². The summed E-state index contributed by atoms with van der Waals surface area (Å²) in [6.07, 6.45) is 4.42. The zero-order chi connectivity index (χ0) is 18.6. The van der Waals surface area contributed by atoms with Crippen LogP contribution in [0.5, 0.6) is 11.5 Å². The molecule has 1 aliphatic heterocycles. The zero-order valence-corrected chi connectivity index (χ0v) is 15.5. The number of amides is 1. The van der Waals surface area contributed by atoms with Crippen LogP contribution in [0.15, 0.2) is 48.7 Å². The van der Waals surface area contributed by atoms with Crippen LogP contribution >= 0.6 is 0 Å². The average molecular weight is 364 g/mol. The highest BCUT2D eigenvalue weighted by atomic mass is 16.7. The molecule has 2 aromatic carbocycles. The number of hydrogen-bond acceptors (Lipinski definition) is 3. The summed E-state index contributed by atoms with van der Waals surface area (Å²) in [4.78, 5) is 16.0. The van der Waals surface area contributed by atoms with Gasteiger partial charge in [0.1, 0.15) is 0 Å². The second kappa shape index (κ2) is 7.74. The molecule has 1 aliphatic rings. The number of benzene rings is 2. The van der Waals surface area contributed by atoms with Crippen molar-refractivity contribution in [2.45, 2.75) is 32.1 Å². The molecule has 4 rings (SSSR count). The summed E-state index contributed by atoms with van der Waals surface area (Å²) in [6, 6.07) is 14.0. The lowest BCUT2D eigenvalue weighted by Crippen LogP contribution is -2.26. The molecule has 1 amide bonds. The molecule has 2 heterocycles. The predicted molar refractivity (Wildman–Crippen MR) is 105 cm³/mol. The molecule has 140 valence electrons. The Morgan fingerprint density at radius 2 is 2.04 bits per heavy atom. The van der Waals surface area contributed by atoms with E-state index in [1.165, 1.54) is 0 Å². The molecule has 0 fully saturated rings. The van der Waals surface area contributed by atoms with E-state index in [-0.39, 0.29) is 18.6 Å². The summed E-state index contributed by atoms with van der Waals surface area (Å²) in [7, 11) is 0. The third-order valence-electron chi connectivity index (χ3n) is 5.04. The van der Waals surface area contributed by atoms with Crippen molar-refractivity contribution < 1.29 is 14.3 Å². The molecule has 1 aromatic heterocycles. The van der Waals surface area contributed by atoms with Crippen molar-refractivity contribution >= 4 is 16.8 Å². The zero-order valence-electron chi connectivity index (χ0n) is 15.5. The van der Waals surface area contributed by atoms with Gasteiger partial charge >= 0.3 is 0 Å². The summed E-state index contributed by atoms with van der Waals surface area (Å²) in [5.41, 5.74) is 3.15. The molecule has 27 heavy (non-hydrogen) atoms. The molecular weight excluding hydrogens is 340 g/mol. The van der Waals surface area contributed by atoms with Gasteiger partial charge in [-0.3, -0.25) is 4.79 Å². The summed E-state index contributed by atoms with van der Waals surface area (Å²) in [6.45, 7) is 3.05. The Bertz CT molecular complexity index is 948. The number of H-pyrrole nitrogens is 1. The first-order valence-electron chi connectivity index (χ1n) is 9.49. The topological polar surface area (TPSA) is 63.4 Å². The smallest absolute Gasteiger partial charge is 0.231 e. The molecule has 5 nitrogen and oxygen atoms in total. The standard InChI is InChI=1S/C22H24N2O3/c1-2-3-11-23-21(25)12-17(16-8-6-10-20-22(16)27-14-26-20)18-13-24-19-9-5-4-7-15(18)19/h4-10,13,17,24H,2-3,11-12,14H2,1H3,(H,23,25). The van der Waals surface area contributed by atoms with Gasteiger partial charge in [-0.05, 0) is 24.1 Å². The van der Waals surface area contributed by atoms with Gasteiger partial charge in [0.25, 0.3) is 0 Å². The molecular formula is C22H24N2O3. The number of aromatic amines is 1. The number of para-hydroxylation sites is 2. The van der Waals surface area contributed by atoms with Crippen molar-refractivity contribution in [1.29, 1.82) is 0 Å². The predicted octanol–water partition coefficient (Wildman–Crippen LogP) is 4.33. The molecule has 0 radical (unpaired) electrons. The quantitative estimate of drug-likeness (QED) is 0.613. The molecule has 2 N–H and O–H groups in total. The SMILES string of the molecule is CCCCNC(=O)CC(c1cccc2c1OCO2)c1c[nH]c2ccccc12. The fourth-order valence-corrected chi connectivity index (χ4v) is 3.66. The lowest BCUT2D eigenvalue weighted by Gasteiger charge is -2.19. The molecule has 0 spiro atoms. The van der Waals surface area contributed by atoms with Crippen molar-refractivity contribution in [1.82, 2.24) is 10.3 Å². The number of fused-ring (bicyclic) bond motifs is 2. The number of nitrogens with one attached hydrogen (secondary N) is 2. The van der Waals surface area contributed by atoms with Crippen LogP contribution in [-0.4, -0.2) is 24.2 Å². The fourth-order valence-electron chi connectivity index (χ4n) is 3.66. The fraction of sp³-hybridized carbons (Fsp3) is 0.318. The second-order valence-corrected chi connectivity index (χ2v) is 6.83. The van der Waals surface area contributed by atoms with Crippen molar-refractivity contribution in [3.8, 4) is 11.5 Å². The minimum absolute atomic E-state index is 0.0512. The third kappa shape index (κ3) is 3.50. The first-order valence-corrected chi connectivity index (χ1v) is 9.49. The number of carbonyl (C=O) groups excluding carboxylic acids is 1. The van der Waals surface area contributed by atoms with Gasteiger partial charge in [-0.25, -0.2) is 0 Å². The second-order valence-electron chi connectivity index (χ2n) is 6.83. The van der Waals surface area contributed by atoms with Crippen molar-refractivity contribution in [2.75, 3.05) is 13.3 Å². The Morgan fingerprint density at radius 3 is 2.93 bits per heavy atom. The molecule has 0 bridgehead atoms. The maximum atomic E-state index is 12.6. The number of rotatable bonds is 7. The summed E-state index contributed by atoms with van der Waals surface area (Å²) in [5.74, 6) is 1.42. The van der Waals surface area contributed by atoms with E-state index in [0.29, 0.717) is 13.0 Å². The Balaban J connectivity index is 1.72. The maximum Gasteiger partial charge on any atom is 0.231 e. The average Bonchev–Trinajstić information content (AvgIpc) is 3.33. The lowest BCUT2D eigenvalue weighted by atomic mass is 9.87. The van der Waals surface area contributed by atoms with Crippen LogP contribution < -0.4 is 14.8 Å². The Labute approximate surface area is 158 Å². The highest BCUT2D eigenvalue weighted by Gasteiger charge is 2.28. The van der Waals surface area contributed by atoms with Gasteiger partial charge in [-0.15, -0.1) is 0 Å². The van der Waals surface area contributed by atoms with Crippen molar-refractivity contribution in [2.24, 2.45) is 0 Å². The van der Waals surface area contributed by atoms with Crippen LogP contribution in [0.1, 0.15) is 43.2 Å². The van der Waals surface area contributed by atoms with E-state index in [1.54, 1.807) is 0 Å². The van der Waals surface area contributed by atoms with Gasteiger partial charge in [0.2, 0.25) is 12.7 Å². The van der Waals surface area contributed by atoms with Crippen LogP contribution in [0.3, 0.4) is 0 Å². The summed E-state index contributed by atoms with van der Waals surface area (Å²) in [5, 5.41) is 4.17. The highest BCUT2D eigenvalue weighted by Crippen LogP contribution is 2.43. The molecule has 1 atom stereocenters. The van der Waals surface area contributed by atoms with E-state index in [9.17, 15) is 4.79 Å². The number of aromatic nitrogens is 1. The van der Waals surface area contributed by atoms with Crippen molar-refractivity contribution in [3.05, 3.63) is 59.8 Å². The van der Waals surface area contributed by atoms with Gasteiger partial charge in [0.15, 0.2) is 11.5 Å². The number of ether oxygens (including phenoxy) is 2. The van der Waals surface area contributed by atoms with Crippen LogP contribution in [0, 0.1) is 0 Å². The largest absolute Gasteiger partial charge is 0.454 e. The number of hydrogen-bond donors (Lipinski definition) is 2. The minimum Gasteiger partial charge on any atom is -0.454 e. The van der Waals surface area contributed by atoms with E-state index >= 15 is 0 Å². The van der Waals surface area contributed by atoms with E-state index in [1.807, 2.05) is 42.6 Å². The molecule has 0 saturated carbocycles. The first kappa shape index (κ1) is 17.5. The van der Waals surface area contributed by atoms with Crippen LogP contribution in [-0.2, 0) is 4.79 Å². The van der Waals surface area contributed by atoms with E-state index in [2.05, 4.69) is 23.3 Å². The molecule has 5 heteroatoms. The minimum atomic E-state index is -0.112. The third-order valence-corrected chi connectivity index (χ3v) is 5.04. The van der Waals surface area contributed by atoms with Gasteiger partial charge in [-0.2, -0.15) is 0 Å². The number of unbranched alkanes of at least 4 members (excludes halogenated alkanes) is 1. The molecule has 0 aliphatic carbocycles.